The van der Waals surface area contributed by atoms with Gasteiger partial charge >= 0.3 is 11.9 Å². The molecule has 0 aliphatic rings. The number of rotatable bonds is 11. The third kappa shape index (κ3) is 10.1. The number of carbonyl (C=O) groups excluding carboxylic acids is 2. The van der Waals surface area contributed by atoms with Crippen LogP contribution in [0.1, 0.15) is 35.1 Å². The number of hydrogen-bond acceptors (Lipinski definition) is 6. The van der Waals surface area contributed by atoms with E-state index in [4.69, 9.17) is 15.2 Å². The number of esters is 2. The van der Waals surface area contributed by atoms with E-state index in [-0.39, 0.29) is 30.5 Å². The van der Waals surface area contributed by atoms with E-state index >= 15 is 0 Å². The minimum Gasteiger partial charge on any atom is -0.460 e. The maximum absolute atomic E-state index is 12.1. The number of ether oxygens (including phenoxy) is 2. The van der Waals surface area contributed by atoms with Crippen molar-refractivity contribution in [1.82, 2.24) is 5.32 Å². The van der Waals surface area contributed by atoms with Gasteiger partial charge in [-0.15, -0.1) is 0 Å². The van der Waals surface area contributed by atoms with Crippen LogP contribution < -0.4 is 11.1 Å². The van der Waals surface area contributed by atoms with E-state index in [1.165, 1.54) is 0 Å². The molecule has 40 heavy (non-hydrogen) atoms. The van der Waals surface area contributed by atoms with Crippen molar-refractivity contribution in [3.63, 3.8) is 0 Å². The Balaban J connectivity index is 0.000000220. The Morgan fingerprint density at radius 1 is 0.650 bits per heavy atom. The fourth-order valence-corrected chi connectivity index (χ4v) is 3.98. The van der Waals surface area contributed by atoms with Crippen molar-refractivity contribution in [2.24, 2.45) is 5.73 Å². The molecule has 0 spiro atoms. The van der Waals surface area contributed by atoms with Crippen LogP contribution in [-0.4, -0.2) is 31.1 Å². The largest absolute Gasteiger partial charge is 0.460 e. The summed E-state index contributed by atoms with van der Waals surface area (Å²) in [6.07, 6.45) is 0.630. The topological polar surface area (TPSA) is 90.6 Å². The summed E-state index contributed by atoms with van der Waals surface area (Å²) in [5.41, 5.74) is 10.1. The Morgan fingerprint density at radius 3 is 1.50 bits per heavy atom. The average Bonchev–Trinajstić information content (AvgIpc) is 3.02. The molecule has 0 saturated carbocycles. The average molecular weight is 539 g/mol. The lowest BCUT2D eigenvalue weighted by atomic mass is 9.94. The number of likely N-dealkylation sites (N-methyl/N-ethyl adjacent to an activating group) is 1. The van der Waals surface area contributed by atoms with Gasteiger partial charge in [0.25, 0.3) is 0 Å². The van der Waals surface area contributed by atoms with E-state index in [0.717, 1.165) is 22.3 Å². The molecule has 0 amide bonds. The standard InChI is InChI=1S/2C17H19NO2/c1-18-16(12-14-8-4-2-5-9-14)17(19)20-13-15-10-6-3-7-11-15;1-13(15-10-6-3-7-11-15)16(18)17(19)20-12-14-8-4-2-5-9-14/h2-11,16,18H,12-13H2,1H3;2-11,13,16H,12,18H2,1H3/t16-;13-,16+/m00/s1. The first kappa shape index (κ1) is 30.3. The molecule has 6 heteroatoms. The Labute approximate surface area is 237 Å². The van der Waals surface area contributed by atoms with Gasteiger partial charge in [0.15, 0.2) is 0 Å². The number of nitrogens with two attached hydrogens (primary N) is 1. The van der Waals surface area contributed by atoms with E-state index in [0.29, 0.717) is 13.0 Å². The SMILES string of the molecule is CN[C@@H](Cc1ccccc1)C(=O)OCc1ccccc1.C[C@@H](c1ccccc1)[C@@H](N)C(=O)OCc1ccccc1. The zero-order chi connectivity index (χ0) is 28.6. The van der Waals surface area contributed by atoms with Crippen molar-refractivity contribution in [3.8, 4) is 0 Å². The highest BCUT2D eigenvalue weighted by Gasteiger charge is 2.23. The molecule has 0 aliphatic heterocycles. The monoisotopic (exact) mass is 538 g/mol. The Hall–Kier alpha value is -4.26. The third-order valence-corrected chi connectivity index (χ3v) is 6.50. The summed E-state index contributed by atoms with van der Waals surface area (Å²) in [6.45, 7) is 2.51. The van der Waals surface area contributed by atoms with Crippen LogP contribution in [0, 0.1) is 0 Å². The Morgan fingerprint density at radius 2 is 1.05 bits per heavy atom. The molecule has 0 aromatic heterocycles. The highest BCUT2D eigenvalue weighted by atomic mass is 16.5. The van der Waals surface area contributed by atoms with Gasteiger partial charge in [0.2, 0.25) is 0 Å². The summed E-state index contributed by atoms with van der Waals surface area (Å²) in [4.78, 5) is 24.1. The third-order valence-electron chi connectivity index (χ3n) is 6.50. The molecule has 208 valence electrons. The summed E-state index contributed by atoms with van der Waals surface area (Å²) in [5.74, 6) is -0.662. The zero-order valence-electron chi connectivity index (χ0n) is 23.1. The molecule has 3 N–H and O–H groups in total. The molecular formula is C34H38N2O4. The first-order valence-electron chi connectivity index (χ1n) is 13.4. The zero-order valence-corrected chi connectivity index (χ0v) is 23.1. The molecule has 0 fully saturated rings. The second-order valence-corrected chi connectivity index (χ2v) is 9.44. The number of carbonyl (C=O) groups is 2. The summed E-state index contributed by atoms with van der Waals surface area (Å²) < 4.78 is 10.6. The highest BCUT2D eigenvalue weighted by molar-refractivity contribution is 5.77. The van der Waals surface area contributed by atoms with Gasteiger partial charge in [-0.1, -0.05) is 128 Å². The quantitative estimate of drug-likeness (QED) is 0.248. The second-order valence-electron chi connectivity index (χ2n) is 9.44. The van der Waals surface area contributed by atoms with Crippen LogP contribution in [0.2, 0.25) is 0 Å². The van der Waals surface area contributed by atoms with Crippen LogP contribution in [-0.2, 0) is 38.7 Å². The Kier molecular flexibility index (Phi) is 12.6. The predicted octanol–water partition coefficient (Wildman–Crippen LogP) is 5.42. The van der Waals surface area contributed by atoms with Gasteiger partial charge in [-0.25, -0.2) is 0 Å². The fourth-order valence-electron chi connectivity index (χ4n) is 3.98. The van der Waals surface area contributed by atoms with Gasteiger partial charge in [-0.05, 0) is 35.7 Å². The molecule has 0 heterocycles. The van der Waals surface area contributed by atoms with Crippen molar-refractivity contribution < 1.29 is 19.1 Å². The molecule has 4 aromatic rings. The number of nitrogens with one attached hydrogen (secondary N) is 1. The van der Waals surface area contributed by atoms with Crippen LogP contribution >= 0.6 is 0 Å². The van der Waals surface area contributed by atoms with E-state index in [1.807, 2.05) is 128 Å². The lowest BCUT2D eigenvalue weighted by Crippen LogP contribution is -2.37. The first-order valence-corrected chi connectivity index (χ1v) is 13.4. The summed E-state index contributed by atoms with van der Waals surface area (Å²) in [6, 6.07) is 38.0. The first-order chi connectivity index (χ1) is 19.5. The summed E-state index contributed by atoms with van der Waals surface area (Å²) in [5, 5.41) is 3.01. The van der Waals surface area contributed by atoms with Crippen LogP contribution in [0.3, 0.4) is 0 Å². The fraction of sp³-hybridized carbons (Fsp3) is 0.235. The van der Waals surface area contributed by atoms with Crippen LogP contribution in [0.5, 0.6) is 0 Å². The molecule has 0 saturated heterocycles. The van der Waals surface area contributed by atoms with Gasteiger partial charge in [-0.3, -0.25) is 9.59 Å². The van der Waals surface area contributed by atoms with Gasteiger partial charge in [0.05, 0.1) is 0 Å². The normalized spacial score (nSPS) is 12.7. The van der Waals surface area contributed by atoms with Crippen molar-refractivity contribution in [2.75, 3.05) is 7.05 Å². The van der Waals surface area contributed by atoms with Crippen LogP contribution in [0.15, 0.2) is 121 Å². The molecule has 6 nitrogen and oxygen atoms in total. The molecule has 0 radical (unpaired) electrons. The van der Waals surface area contributed by atoms with Crippen LogP contribution in [0.25, 0.3) is 0 Å². The minimum absolute atomic E-state index is 0.0699. The smallest absolute Gasteiger partial charge is 0.323 e. The molecule has 0 bridgehead atoms. The molecular weight excluding hydrogens is 500 g/mol. The molecule has 4 aromatic carbocycles. The van der Waals surface area contributed by atoms with E-state index in [9.17, 15) is 9.59 Å². The second kappa shape index (κ2) is 16.6. The number of hydrogen-bond donors (Lipinski definition) is 2. The van der Waals surface area contributed by atoms with Crippen molar-refractivity contribution in [1.29, 1.82) is 0 Å². The maximum Gasteiger partial charge on any atom is 0.323 e. The molecule has 0 unspecified atom stereocenters. The number of benzene rings is 4. The highest BCUT2D eigenvalue weighted by Crippen LogP contribution is 2.18. The van der Waals surface area contributed by atoms with Gasteiger partial charge in [-0.2, -0.15) is 0 Å². The van der Waals surface area contributed by atoms with Crippen molar-refractivity contribution >= 4 is 11.9 Å². The lowest BCUT2D eigenvalue weighted by Gasteiger charge is -2.19. The van der Waals surface area contributed by atoms with Gasteiger partial charge < -0.3 is 20.5 Å². The Bertz CT molecular complexity index is 1220. The van der Waals surface area contributed by atoms with E-state index < -0.39 is 6.04 Å². The molecule has 0 aliphatic carbocycles. The van der Waals surface area contributed by atoms with Gasteiger partial charge in [0, 0.05) is 5.92 Å². The van der Waals surface area contributed by atoms with E-state index in [1.54, 1.807) is 7.05 Å². The molecule has 3 atom stereocenters. The van der Waals surface area contributed by atoms with Crippen molar-refractivity contribution in [3.05, 3.63) is 144 Å². The molecule has 4 rings (SSSR count). The predicted molar refractivity (Wildman–Crippen MR) is 158 cm³/mol. The van der Waals surface area contributed by atoms with Gasteiger partial charge in [0.1, 0.15) is 25.3 Å². The van der Waals surface area contributed by atoms with E-state index in [2.05, 4.69) is 5.32 Å². The van der Waals surface area contributed by atoms with Crippen LogP contribution in [0.4, 0.5) is 0 Å². The van der Waals surface area contributed by atoms with Crippen molar-refractivity contribution in [2.45, 2.75) is 44.6 Å². The lowest BCUT2D eigenvalue weighted by molar-refractivity contribution is -0.148. The summed E-state index contributed by atoms with van der Waals surface area (Å²) in [7, 11) is 1.78. The summed E-state index contributed by atoms with van der Waals surface area (Å²) >= 11 is 0. The maximum atomic E-state index is 12.1. The minimum atomic E-state index is -0.652.